The number of rotatable bonds is 4. The average Bonchev–Trinajstić information content (AvgIpc) is 2.90. The van der Waals surface area contributed by atoms with Crippen LogP contribution in [-0.4, -0.2) is 13.0 Å². The van der Waals surface area contributed by atoms with Crippen LogP contribution in [0.3, 0.4) is 0 Å². The third-order valence-electron chi connectivity index (χ3n) is 2.30. The Morgan fingerprint density at radius 1 is 1.28 bits per heavy atom. The molecule has 0 unspecified atom stereocenters. The van der Waals surface area contributed by atoms with Crippen LogP contribution in [0.15, 0.2) is 47.9 Å². The molecule has 0 spiro atoms. The van der Waals surface area contributed by atoms with Gasteiger partial charge in [0.1, 0.15) is 5.75 Å². The van der Waals surface area contributed by atoms with Crippen LogP contribution < -0.4 is 10.1 Å². The quantitative estimate of drug-likeness (QED) is 0.854. The van der Waals surface area contributed by atoms with Crippen LogP contribution in [0.4, 0.5) is 5.69 Å². The molecule has 2 aromatic rings. The zero-order valence-corrected chi connectivity index (χ0v) is 10.7. The van der Waals surface area contributed by atoms with Gasteiger partial charge in [0.15, 0.2) is 0 Å². The summed E-state index contributed by atoms with van der Waals surface area (Å²) in [5.41, 5.74) is 0.747. The molecule has 0 bridgehead atoms. The summed E-state index contributed by atoms with van der Waals surface area (Å²) < 4.78 is 5.05. The molecule has 1 aromatic heterocycles. The van der Waals surface area contributed by atoms with Gasteiger partial charge in [0.25, 0.3) is 0 Å². The normalized spacial score (nSPS) is 10.5. The van der Waals surface area contributed by atoms with Gasteiger partial charge in [0.2, 0.25) is 5.91 Å². The molecule has 2 rings (SSSR count). The second kappa shape index (κ2) is 6.02. The van der Waals surface area contributed by atoms with E-state index in [9.17, 15) is 4.79 Å². The number of carbonyl (C=O) groups excluding carboxylic acids is 1. The Labute approximate surface area is 110 Å². The topological polar surface area (TPSA) is 38.3 Å². The van der Waals surface area contributed by atoms with Gasteiger partial charge in [-0.15, -0.1) is 11.3 Å². The number of ether oxygens (including phenoxy) is 1. The van der Waals surface area contributed by atoms with Crippen LogP contribution >= 0.6 is 11.3 Å². The predicted octanol–water partition coefficient (Wildman–Crippen LogP) is 3.41. The van der Waals surface area contributed by atoms with Crippen LogP contribution in [0.2, 0.25) is 0 Å². The van der Waals surface area contributed by atoms with Gasteiger partial charge in [-0.1, -0.05) is 6.07 Å². The van der Waals surface area contributed by atoms with Crippen LogP contribution in [0.25, 0.3) is 6.08 Å². The van der Waals surface area contributed by atoms with Crippen molar-refractivity contribution < 1.29 is 9.53 Å². The largest absolute Gasteiger partial charge is 0.497 e. The second-order valence-electron chi connectivity index (χ2n) is 3.57. The number of anilines is 1. The number of hydrogen-bond acceptors (Lipinski definition) is 3. The van der Waals surface area contributed by atoms with Gasteiger partial charge < -0.3 is 10.1 Å². The monoisotopic (exact) mass is 259 g/mol. The SMILES string of the molecule is COc1ccc(NC(=O)C=Cc2cccs2)cc1. The standard InChI is InChI=1S/C14H13NO2S/c1-17-12-6-4-11(5-7-12)15-14(16)9-8-13-3-2-10-18-13/h2-10H,1H3,(H,15,16). The molecule has 1 N–H and O–H groups in total. The number of nitrogens with one attached hydrogen (secondary N) is 1. The summed E-state index contributed by atoms with van der Waals surface area (Å²) in [6.07, 6.45) is 3.32. The van der Waals surface area contributed by atoms with E-state index in [0.29, 0.717) is 0 Å². The molecule has 0 fully saturated rings. The van der Waals surface area contributed by atoms with E-state index in [0.717, 1.165) is 16.3 Å². The number of thiophene rings is 1. The summed E-state index contributed by atoms with van der Waals surface area (Å²) in [5, 5.41) is 4.75. The summed E-state index contributed by atoms with van der Waals surface area (Å²) in [6.45, 7) is 0. The fourth-order valence-corrected chi connectivity index (χ4v) is 2.02. The van der Waals surface area contributed by atoms with Crippen molar-refractivity contribution in [1.82, 2.24) is 0 Å². The van der Waals surface area contributed by atoms with E-state index in [4.69, 9.17) is 4.74 Å². The zero-order valence-electron chi connectivity index (χ0n) is 9.92. The molecule has 3 nitrogen and oxygen atoms in total. The fraction of sp³-hybridized carbons (Fsp3) is 0.0714. The number of carbonyl (C=O) groups is 1. The first-order valence-corrected chi connectivity index (χ1v) is 6.32. The molecule has 0 aliphatic heterocycles. The Morgan fingerprint density at radius 3 is 2.67 bits per heavy atom. The van der Waals surface area contributed by atoms with Crippen molar-refractivity contribution in [2.45, 2.75) is 0 Å². The molecular weight excluding hydrogens is 246 g/mol. The highest BCUT2D eigenvalue weighted by atomic mass is 32.1. The minimum Gasteiger partial charge on any atom is -0.497 e. The van der Waals surface area contributed by atoms with E-state index in [1.54, 1.807) is 48.8 Å². The smallest absolute Gasteiger partial charge is 0.248 e. The average molecular weight is 259 g/mol. The molecular formula is C14H13NO2S. The van der Waals surface area contributed by atoms with Crippen molar-refractivity contribution in [2.24, 2.45) is 0 Å². The highest BCUT2D eigenvalue weighted by molar-refractivity contribution is 7.10. The highest BCUT2D eigenvalue weighted by Crippen LogP contribution is 2.15. The van der Waals surface area contributed by atoms with Crippen LogP contribution in [0.5, 0.6) is 5.75 Å². The molecule has 1 aromatic carbocycles. The van der Waals surface area contributed by atoms with E-state index >= 15 is 0 Å². The van der Waals surface area contributed by atoms with Gasteiger partial charge in [-0.25, -0.2) is 0 Å². The molecule has 1 amide bonds. The lowest BCUT2D eigenvalue weighted by atomic mass is 10.3. The van der Waals surface area contributed by atoms with Crippen LogP contribution in [0, 0.1) is 0 Å². The lowest BCUT2D eigenvalue weighted by molar-refractivity contribution is -0.111. The number of amides is 1. The lowest BCUT2D eigenvalue weighted by Crippen LogP contribution is -2.07. The summed E-state index contributed by atoms with van der Waals surface area (Å²) in [7, 11) is 1.61. The van der Waals surface area contributed by atoms with Gasteiger partial charge in [-0.3, -0.25) is 4.79 Å². The second-order valence-corrected chi connectivity index (χ2v) is 4.55. The Bertz CT molecular complexity index is 529. The summed E-state index contributed by atoms with van der Waals surface area (Å²) >= 11 is 1.59. The molecule has 0 saturated carbocycles. The third kappa shape index (κ3) is 3.46. The van der Waals surface area contributed by atoms with Gasteiger partial charge in [0, 0.05) is 16.6 Å². The summed E-state index contributed by atoms with van der Waals surface area (Å²) in [4.78, 5) is 12.7. The predicted molar refractivity (Wildman–Crippen MR) is 75.0 cm³/mol. The van der Waals surface area contributed by atoms with Gasteiger partial charge in [-0.2, -0.15) is 0 Å². The lowest BCUT2D eigenvalue weighted by Gasteiger charge is -2.03. The van der Waals surface area contributed by atoms with Gasteiger partial charge >= 0.3 is 0 Å². The van der Waals surface area contributed by atoms with Gasteiger partial charge in [-0.05, 0) is 41.8 Å². The maximum absolute atomic E-state index is 11.6. The molecule has 0 aliphatic carbocycles. The van der Waals surface area contributed by atoms with Gasteiger partial charge in [0.05, 0.1) is 7.11 Å². The molecule has 1 heterocycles. The van der Waals surface area contributed by atoms with E-state index in [1.807, 2.05) is 17.5 Å². The Kier molecular flexibility index (Phi) is 4.15. The highest BCUT2D eigenvalue weighted by Gasteiger charge is 1.98. The molecule has 4 heteroatoms. The third-order valence-corrected chi connectivity index (χ3v) is 3.14. The first-order chi connectivity index (χ1) is 8.78. The van der Waals surface area contributed by atoms with Crippen molar-refractivity contribution in [2.75, 3.05) is 12.4 Å². The van der Waals surface area contributed by atoms with Crippen LogP contribution in [-0.2, 0) is 4.79 Å². The molecule has 0 radical (unpaired) electrons. The molecule has 0 aliphatic rings. The van der Waals surface area contributed by atoms with Crippen molar-refractivity contribution in [3.05, 3.63) is 52.7 Å². The summed E-state index contributed by atoms with van der Waals surface area (Å²) in [6, 6.07) is 11.1. The first kappa shape index (κ1) is 12.4. The van der Waals surface area contributed by atoms with E-state index < -0.39 is 0 Å². The number of hydrogen-bond donors (Lipinski definition) is 1. The maximum Gasteiger partial charge on any atom is 0.248 e. The first-order valence-electron chi connectivity index (χ1n) is 5.44. The van der Waals surface area contributed by atoms with Crippen molar-refractivity contribution >= 4 is 29.0 Å². The number of methoxy groups -OCH3 is 1. The minimum atomic E-state index is -0.145. The van der Waals surface area contributed by atoms with Crippen LogP contribution in [0.1, 0.15) is 4.88 Å². The van der Waals surface area contributed by atoms with E-state index in [-0.39, 0.29) is 5.91 Å². The molecule has 92 valence electrons. The van der Waals surface area contributed by atoms with Crippen molar-refractivity contribution in [3.8, 4) is 5.75 Å². The Morgan fingerprint density at radius 2 is 2.06 bits per heavy atom. The molecule has 0 atom stereocenters. The maximum atomic E-state index is 11.6. The van der Waals surface area contributed by atoms with E-state index in [1.165, 1.54) is 6.08 Å². The zero-order chi connectivity index (χ0) is 12.8. The van der Waals surface area contributed by atoms with E-state index in [2.05, 4.69) is 5.32 Å². The number of benzene rings is 1. The van der Waals surface area contributed by atoms with Crippen molar-refractivity contribution in [1.29, 1.82) is 0 Å². The molecule has 18 heavy (non-hydrogen) atoms. The van der Waals surface area contributed by atoms with Crippen molar-refractivity contribution in [3.63, 3.8) is 0 Å². The minimum absolute atomic E-state index is 0.145. The fourth-order valence-electron chi connectivity index (χ4n) is 1.40. The molecule has 0 saturated heterocycles. The summed E-state index contributed by atoms with van der Waals surface area (Å²) in [5.74, 6) is 0.621. The Balaban J connectivity index is 1.94. The Hall–Kier alpha value is -2.07.